The summed E-state index contributed by atoms with van der Waals surface area (Å²) in [5.74, 6) is 0.900. The smallest absolute Gasteiger partial charge is 0.273 e. The lowest BCUT2D eigenvalue weighted by Crippen LogP contribution is -2.27. The molecule has 3 rings (SSSR count). The standard InChI is InChI=1S/C23H30N6O3S/c1-15(2)32-12-6-11-24-22(30)21-20(14-33-23-25-16(3)13-17(4)26-23)29(28-27-21)18-7-9-19(31-5)10-8-18/h7-10,13,15H,6,11-12,14H2,1-5H3,(H,24,30). The molecular weight excluding hydrogens is 440 g/mol. The molecule has 0 aliphatic heterocycles. The van der Waals surface area contributed by atoms with Crippen LogP contribution in [0.1, 0.15) is 47.8 Å². The summed E-state index contributed by atoms with van der Waals surface area (Å²) < 4.78 is 12.4. The number of rotatable bonds is 11. The van der Waals surface area contributed by atoms with Gasteiger partial charge in [-0.2, -0.15) is 0 Å². The van der Waals surface area contributed by atoms with E-state index in [0.29, 0.717) is 29.8 Å². The lowest BCUT2D eigenvalue weighted by molar-refractivity contribution is 0.0756. The molecule has 0 unspecified atom stereocenters. The molecule has 1 amide bonds. The average Bonchev–Trinajstić information content (AvgIpc) is 3.20. The molecule has 2 heterocycles. The number of aromatic nitrogens is 5. The predicted octanol–water partition coefficient (Wildman–Crippen LogP) is 3.52. The number of ether oxygens (including phenoxy) is 2. The second-order valence-corrected chi connectivity index (χ2v) is 8.69. The van der Waals surface area contributed by atoms with Gasteiger partial charge in [0, 0.05) is 30.3 Å². The lowest BCUT2D eigenvalue weighted by Gasteiger charge is -2.10. The summed E-state index contributed by atoms with van der Waals surface area (Å²) in [7, 11) is 1.62. The van der Waals surface area contributed by atoms with Crippen LogP contribution in [0.25, 0.3) is 5.69 Å². The molecular formula is C23H30N6O3S. The predicted molar refractivity (Wildman–Crippen MR) is 127 cm³/mol. The van der Waals surface area contributed by atoms with Crippen molar-refractivity contribution in [3.63, 3.8) is 0 Å². The van der Waals surface area contributed by atoms with Gasteiger partial charge < -0.3 is 14.8 Å². The van der Waals surface area contributed by atoms with Crippen molar-refractivity contribution in [3.05, 3.63) is 53.1 Å². The van der Waals surface area contributed by atoms with Crippen LogP contribution in [-0.4, -0.2) is 57.2 Å². The zero-order valence-electron chi connectivity index (χ0n) is 19.7. The van der Waals surface area contributed by atoms with E-state index >= 15 is 0 Å². The van der Waals surface area contributed by atoms with E-state index in [1.54, 1.807) is 11.8 Å². The largest absolute Gasteiger partial charge is 0.497 e. The topological polar surface area (TPSA) is 104 Å². The molecule has 3 aromatic rings. The molecule has 0 aliphatic carbocycles. The Balaban J connectivity index is 1.80. The fourth-order valence-corrected chi connectivity index (χ4v) is 4.05. The summed E-state index contributed by atoms with van der Waals surface area (Å²) in [6.45, 7) is 8.92. The van der Waals surface area contributed by atoms with E-state index in [4.69, 9.17) is 9.47 Å². The fraction of sp³-hybridized carbons (Fsp3) is 0.435. The number of benzene rings is 1. The van der Waals surface area contributed by atoms with Crippen LogP contribution < -0.4 is 10.1 Å². The summed E-state index contributed by atoms with van der Waals surface area (Å²) >= 11 is 1.44. The Morgan fingerprint density at radius 3 is 2.48 bits per heavy atom. The van der Waals surface area contributed by atoms with Crippen LogP contribution in [0.3, 0.4) is 0 Å². The maximum absolute atomic E-state index is 12.9. The minimum absolute atomic E-state index is 0.168. The van der Waals surface area contributed by atoms with E-state index in [1.165, 1.54) is 11.8 Å². The number of hydrogen-bond acceptors (Lipinski definition) is 8. The Bertz CT molecular complexity index is 1050. The van der Waals surface area contributed by atoms with Crippen molar-refractivity contribution < 1.29 is 14.3 Å². The zero-order valence-corrected chi connectivity index (χ0v) is 20.5. The molecule has 0 bridgehead atoms. The van der Waals surface area contributed by atoms with Gasteiger partial charge in [-0.05, 0) is 64.4 Å². The molecule has 0 fully saturated rings. The van der Waals surface area contributed by atoms with Gasteiger partial charge in [0.2, 0.25) is 0 Å². The van der Waals surface area contributed by atoms with E-state index < -0.39 is 0 Å². The second-order valence-electron chi connectivity index (χ2n) is 7.75. The highest BCUT2D eigenvalue weighted by molar-refractivity contribution is 7.98. The summed E-state index contributed by atoms with van der Waals surface area (Å²) in [6, 6.07) is 9.36. The van der Waals surface area contributed by atoms with Crippen molar-refractivity contribution in [2.75, 3.05) is 20.3 Å². The van der Waals surface area contributed by atoms with Crippen molar-refractivity contribution >= 4 is 17.7 Å². The highest BCUT2D eigenvalue weighted by atomic mass is 32.2. The number of nitrogens with one attached hydrogen (secondary N) is 1. The summed E-state index contributed by atoms with van der Waals surface area (Å²) in [5.41, 5.74) is 3.53. The molecule has 1 N–H and O–H groups in total. The minimum Gasteiger partial charge on any atom is -0.497 e. The van der Waals surface area contributed by atoms with Crippen molar-refractivity contribution in [2.24, 2.45) is 0 Å². The molecule has 0 radical (unpaired) electrons. The number of nitrogens with zero attached hydrogens (tertiary/aromatic N) is 5. The Hall–Kier alpha value is -2.98. The molecule has 0 atom stereocenters. The molecule has 2 aromatic heterocycles. The maximum atomic E-state index is 12.9. The molecule has 176 valence electrons. The zero-order chi connectivity index (χ0) is 23.8. The first-order valence-electron chi connectivity index (χ1n) is 10.8. The van der Waals surface area contributed by atoms with E-state index in [2.05, 4.69) is 25.6 Å². The summed E-state index contributed by atoms with van der Waals surface area (Å²) in [6.07, 6.45) is 0.887. The number of methoxy groups -OCH3 is 1. The summed E-state index contributed by atoms with van der Waals surface area (Å²) in [5, 5.41) is 12.0. The molecule has 33 heavy (non-hydrogen) atoms. The molecule has 0 aliphatic rings. The van der Waals surface area contributed by atoms with Crippen LogP contribution in [0.5, 0.6) is 5.75 Å². The highest BCUT2D eigenvalue weighted by Crippen LogP contribution is 2.24. The minimum atomic E-state index is -0.267. The lowest BCUT2D eigenvalue weighted by atomic mass is 10.2. The first-order valence-corrected chi connectivity index (χ1v) is 11.8. The van der Waals surface area contributed by atoms with Crippen LogP contribution in [0, 0.1) is 13.8 Å². The van der Waals surface area contributed by atoms with Crippen LogP contribution in [0.2, 0.25) is 0 Å². The number of hydrogen-bond donors (Lipinski definition) is 1. The Labute approximate surface area is 198 Å². The van der Waals surface area contributed by atoms with Crippen LogP contribution >= 0.6 is 11.8 Å². The van der Waals surface area contributed by atoms with E-state index in [0.717, 1.165) is 29.2 Å². The third-order valence-corrected chi connectivity index (χ3v) is 5.51. The quantitative estimate of drug-likeness (QED) is 0.258. The molecule has 0 saturated carbocycles. The maximum Gasteiger partial charge on any atom is 0.273 e. The van der Waals surface area contributed by atoms with Gasteiger partial charge in [-0.15, -0.1) is 5.10 Å². The summed E-state index contributed by atoms with van der Waals surface area (Å²) in [4.78, 5) is 21.9. The van der Waals surface area contributed by atoms with Gasteiger partial charge >= 0.3 is 0 Å². The number of aryl methyl sites for hydroxylation is 2. The van der Waals surface area contributed by atoms with Gasteiger partial charge in [0.05, 0.1) is 24.6 Å². The first-order chi connectivity index (χ1) is 15.9. The number of amides is 1. The molecule has 0 spiro atoms. The molecule has 0 saturated heterocycles. The van der Waals surface area contributed by atoms with Crippen molar-refractivity contribution in [1.29, 1.82) is 0 Å². The van der Waals surface area contributed by atoms with Crippen molar-refractivity contribution in [2.45, 2.75) is 51.1 Å². The Kier molecular flexibility index (Phi) is 8.79. The average molecular weight is 471 g/mol. The van der Waals surface area contributed by atoms with Gasteiger partial charge in [-0.25, -0.2) is 14.6 Å². The monoisotopic (exact) mass is 470 g/mol. The van der Waals surface area contributed by atoms with Gasteiger partial charge in [0.1, 0.15) is 5.75 Å². The fourth-order valence-electron chi connectivity index (χ4n) is 3.11. The third-order valence-electron chi connectivity index (χ3n) is 4.65. The Morgan fingerprint density at radius 2 is 1.85 bits per heavy atom. The molecule has 1 aromatic carbocycles. The van der Waals surface area contributed by atoms with Crippen LogP contribution in [0.4, 0.5) is 0 Å². The molecule has 9 nitrogen and oxygen atoms in total. The van der Waals surface area contributed by atoms with Crippen LogP contribution in [0.15, 0.2) is 35.5 Å². The third kappa shape index (κ3) is 7.00. The normalized spacial score (nSPS) is 11.1. The SMILES string of the molecule is COc1ccc(-n2nnc(C(=O)NCCCOC(C)C)c2CSc2nc(C)cc(C)n2)cc1. The van der Waals surface area contributed by atoms with Gasteiger partial charge in [0.25, 0.3) is 5.91 Å². The van der Waals surface area contributed by atoms with Gasteiger partial charge in [0.15, 0.2) is 10.9 Å². The molecule has 10 heteroatoms. The van der Waals surface area contributed by atoms with Crippen molar-refractivity contribution in [3.8, 4) is 11.4 Å². The van der Waals surface area contributed by atoms with Gasteiger partial charge in [-0.1, -0.05) is 17.0 Å². The first kappa shape index (κ1) is 24.7. The second kappa shape index (κ2) is 11.8. The van der Waals surface area contributed by atoms with Crippen molar-refractivity contribution in [1.82, 2.24) is 30.3 Å². The highest BCUT2D eigenvalue weighted by Gasteiger charge is 2.21. The van der Waals surface area contributed by atoms with E-state index in [9.17, 15) is 4.79 Å². The Morgan fingerprint density at radius 1 is 1.15 bits per heavy atom. The van der Waals surface area contributed by atoms with Crippen LogP contribution in [-0.2, 0) is 10.5 Å². The van der Waals surface area contributed by atoms with E-state index in [1.807, 2.05) is 58.0 Å². The number of carbonyl (C=O) groups excluding carboxylic acids is 1. The number of carbonyl (C=O) groups is 1. The van der Waals surface area contributed by atoms with Gasteiger partial charge in [-0.3, -0.25) is 4.79 Å². The number of thioether (sulfide) groups is 1. The van der Waals surface area contributed by atoms with E-state index in [-0.39, 0.29) is 17.7 Å².